The fourth-order valence-electron chi connectivity index (χ4n) is 2.74. The molecule has 2 N–H and O–H groups in total. The predicted octanol–water partition coefficient (Wildman–Crippen LogP) is 4.16. The summed E-state index contributed by atoms with van der Waals surface area (Å²) in [6.45, 7) is -0.227. The smallest absolute Gasteiger partial charge is 0.343 e. The summed E-state index contributed by atoms with van der Waals surface area (Å²) in [5.41, 5.74) is 3.83. The third-order valence-electron chi connectivity index (χ3n) is 4.38. The lowest BCUT2D eigenvalue weighted by Crippen LogP contribution is -2.35. The molecule has 0 saturated heterocycles. The van der Waals surface area contributed by atoms with E-state index in [1.807, 2.05) is 12.1 Å². The maximum Gasteiger partial charge on any atom is 0.343 e. The molecule has 0 aliphatic carbocycles. The highest BCUT2D eigenvalue weighted by atomic mass is 127. The lowest BCUT2D eigenvalue weighted by molar-refractivity contribution is -0.120. The number of hydrazone groups is 1. The van der Waals surface area contributed by atoms with Gasteiger partial charge >= 0.3 is 5.97 Å². The number of hydrogen-bond donors (Lipinski definition) is 2. The second-order valence-electron chi connectivity index (χ2n) is 6.77. The molecule has 0 atom stereocenters. The van der Waals surface area contributed by atoms with E-state index >= 15 is 0 Å². The Labute approximate surface area is 218 Å². The fourth-order valence-corrected chi connectivity index (χ4v) is 3.77. The summed E-state index contributed by atoms with van der Waals surface area (Å²) in [4.78, 5) is 36.5. The van der Waals surface area contributed by atoms with Gasteiger partial charge in [0.05, 0.1) is 31.0 Å². The molecule has 3 aromatic rings. The lowest BCUT2D eigenvalue weighted by Gasteiger charge is -2.10. The van der Waals surface area contributed by atoms with Crippen molar-refractivity contribution in [2.75, 3.05) is 13.7 Å². The van der Waals surface area contributed by atoms with Gasteiger partial charge in [-0.2, -0.15) is 5.10 Å². The molecule has 3 aromatic carbocycles. The van der Waals surface area contributed by atoms with Crippen LogP contribution in [0.1, 0.15) is 26.3 Å². The molecule has 174 valence electrons. The molecule has 3 rings (SSSR count). The molecule has 10 heteroatoms. The summed E-state index contributed by atoms with van der Waals surface area (Å²) in [6, 6.07) is 18.7. The van der Waals surface area contributed by atoms with E-state index in [1.165, 1.54) is 13.3 Å². The number of hydrogen-bond acceptors (Lipinski definition) is 6. The van der Waals surface area contributed by atoms with Gasteiger partial charge in [-0.15, -0.1) is 0 Å². The number of methoxy groups -OCH3 is 1. The van der Waals surface area contributed by atoms with Crippen molar-refractivity contribution in [3.05, 3.63) is 91.5 Å². The third-order valence-corrected chi connectivity index (χ3v) is 5.82. The van der Waals surface area contributed by atoms with Crippen LogP contribution in [0.15, 0.2) is 76.3 Å². The van der Waals surface area contributed by atoms with E-state index in [4.69, 9.17) is 9.47 Å². The molecule has 0 spiro atoms. The van der Waals surface area contributed by atoms with Gasteiger partial charge < -0.3 is 14.8 Å². The first-order valence-corrected chi connectivity index (χ1v) is 11.7. The highest BCUT2D eigenvalue weighted by Gasteiger charge is 2.13. The molecule has 0 aromatic heterocycles. The van der Waals surface area contributed by atoms with Crippen molar-refractivity contribution in [2.45, 2.75) is 0 Å². The predicted molar refractivity (Wildman–Crippen MR) is 139 cm³/mol. The molecule has 0 aliphatic heterocycles. The highest BCUT2D eigenvalue weighted by Crippen LogP contribution is 2.28. The summed E-state index contributed by atoms with van der Waals surface area (Å²) in [5.74, 6) is -0.792. The summed E-state index contributed by atoms with van der Waals surface area (Å²) >= 11 is 5.38. The zero-order valence-electron chi connectivity index (χ0n) is 17.9. The Morgan fingerprint density at radius 1 is 1.03 bits per heavy atom. The second-order valence-corrected chi connectivity index (χ2v) is 8.84. The molecular weight excluding hydrogens is 617 g/mol. The minimum atomic E-state index is -0.527. The molecule has 0 bridgehead atoms. The number of esters is 1. The number of halogens is 2. The van der Waals surface area contributed by atoms with Gasteiger partial charge in [-0.1, -0.05) is 34.1 Å². The third kappa shape index (κ3) is 7.12. The molecule has 0 unspecified atom stereocenters. The van der Waals surface area contributed by atoms with Crippen LogP contribution in [0.4, 0.5) is 0 Å². The van der Waals surface area contributed by atoms with Crippen molar-refractivity contribution in [1.82, 2.24) is 10.7 Å². The van der Waals surface area contributed by atoms with Crippen molar-refractivity contribution in [3.63, 3.8) is 0 Å². The number of ether oxygens (including phenoxy) is 2. The van der Waals surface area contributed by atoms with Gasteiger partial charge in [0, 0.05) is 8.04 Å². The molecule has 0 radical (unpaired) electrons. The summed E-state index contributed by atoms with van der Waals surface area (Å²) in [6.07, 6.45) is 1.41. The van der Waals surface area contributed by atoms with Crippen molar-refractivity contribution in [1.29, 1.82) is 0 Å². The maximum absolute atomic E-state index is 12.4. The quantitative estimate of drug-likeness (QED) is 0.127. The van der Waals surface area contributed by atoms with Gasteiger partial charge in [0.15, 0.2) is 11.5 Å². The number of carbonyl (C=O) groups excluding carboxylic acids is 3. The van der Waals surface area contributed by atoms with Crippen LogP contribution in [0.5, 0.6) is 11.5 Å². The molecule has 0 saturated carbocycles. The Bertz CT molecular complexity index is 1250. The standard InChI is InChI=1S/C24H19BrIN3O5/c1-33-21-11-15(9-10-20(21)34-24(32)16-5-4-6-17(25)12-16)13-28-29-22(30)14-27-23(31)18-7-2-3-8-19(18)26/h2-13H,14H2,1H3,(H,27,31)(H,29,30)/b28-13+. The van der Waals surface area contributed by atoms with Crippen LogP contribution in [0.2, 0.25) is 0 Å². The minimum Gasteiger partial charge on any atom is -0.493 e. The van der Waals surface area contributed by atoms with Crippen molar-refractivity contribution < 1.29 is 23.9 Å². The Morgan fingerprint density at radius 3 is 2.56 bits per heavy atom. The second kappa shape index (κ2) is 12.3. The monoisotopic (exact) mass is 635 g/mol. The number of rotatable bonds is 8. The van der Waals surface area contributed by atoms with Crippen LogP contribution >= 0.6 is 38.5 Å². The number of amides is 2. The molecular formula is C24H19BrIN3O5. The molecule has 0 fully saturated rings. The number of nitrogens with one attached hydrogen (secondary N) is 2. The molecule has 0 heterocycles. The normalized spacial score (nSPS) is 10.6. The van der Waals surface area contributed by atoms with Gasteiger partial charge in [0.2, 0.25) is 0 Å². The molecule has 0 aliphatic rings. The van der Waals surface area contributed by atoms with Gasteiger partial charge in [-0.25, -0.2) is 10.2 Å². The molecule has 2 amide bonds. The van der Waals surface area contributed by atoms with E-state index in [0.29, 0.717) is 22.4 Å². The van der Waals surface area contributed by atoms with Crippen molar-refractivity contribution in [3.8, 4) is 11.5 Å². The highest BCUT2D eigenvalue weighted by molar-refractivity contribution is 14.1. The Morgan fingerprint density at radius 2 is 1.82 bits per heavy atom. The van der Waals surface area contributed by atoms with E-state index in [0.717, 1.165) is 8.04 Å². The SMILES string of the molecule is COc1cc(/C=N/NC(=O)CNC(=O)c2ccccc2I)ccc1OC(=O)c1cccc(Br)c1. The summed E-state index contributed by atoms with van der Waals surface area (Å²) in [5, 5.41) is 6.44. The van der Waals surface area contributed by atoms with Gasteiger partial charge in [-0.3, -0.25) is 9.59 Å². The zero-order valence-corrected chi connectivity index (χ0v) is 21.6. The summed E-state index contributed by atoms with van der Waals surface area (Å²) < 4.78 is 12.3. The average Bonchev–Trinajstić information content (AvgIpc) is 2.83. The molecule has 34 heavy (non-hydrogen) atoms. The zero-order chi connectivity index (χ0) is 24.5. The van der Waals surface area contributed by atoms with Gasteiger partial charge in [0.1, 0.15) is 0 Å². The topological polar surface area (TPSA) is 106 Å². The largest absolute Gasteiger partial charge is 0.493 e. The van der Waals surface area contributed by atoms with Crippen LogP contribution in [-0.4, -0.2) is 37.7 Å². The van der Waals surface area contributed by atoms with E-state index in [-0.39, 0.29) is 18.2 Å². The lowest BCUT2D eigenvalue weighted by atomic mass is 10.2. The number of nitrogens with zero attached hydrogens (tertiary/aromatic N) is 1. The number of carbonyl (C=O) groups is 3. The first-order valence-electron chi connectivity index (χ1n) is 9.88. The van der Waals surface area contributed by atoms with Crippen molar-refractivity contribution >= 4 is 62.5 Å². The first kappa shape index (κ1) is 25.4. The van der Waals surface area contributed by atoms with Crippen molar-refractivity contribution in [2.24, 2.45) is 5.10 Å². The fraction of sp³-hybridized carbons (Fsp3) is 0.0833. The Hall–Kier alpha value is -3.25. The maximum atomic E-state index is 12.4. The number of benzene rings is 3. The van der Waals surface area contributed by atoms with Crippen LogP contribution in [0, 0.1) is 3.57 Å². The van der Waals surface area contributed by atoms with E-state index in [9.17, 15) is 14.4 Å². The van der Waals surface area contributed by atoms with E-state index < -0.39 is 11.9 Å². The van der Waals surface area contributed by atoms with E-state index in [1.54, 1.807) is 54.6 Å². The van der Waals surface area contributed by atoms with Crippen LogP contribution in [-0.2, 0) is 4.79 Å². The minimum absolute atomic E-state index is 0.227. The van der Waals surface area contributed by atoms with Gasteiger partial charge in [-0.05, 0) is 76.7 Å². The van der Waals surface area contributed by atoms with Crippen LogP contribution in [0.3, 0.4) is 0 Å². The van der Waals surface area contributed by atoms with Crippen LogP contribution in [0.25, 0.3) is 0 Å². The molecule has 8 nitrogen and oxygen atoms in total. The Balaban J connectivity index is 1.55. The van der Waals surface area contributed by atoms with Gasteiger partial charge in [0.25, 0.3) is 11.8 Å². The van der Waals surface area contributed by atoms with E-state index in [2.05, 4.69) is 54.4 Å². The summed E-state index contributed by atoms with van der Waals surface area (Å²) in [7, 11) is 1.45. The first-order chi connectivity index (χ1) is 16.4. The Kier molecular flexibility index (Phi) is 9.16. The van der Waals surface area contributed by atoms with Crippen LogP contribution < -0.4 is 20.2 Å². The average molecular weight is 636 g/mol.